The second-order valence-electron chi connectivity index (χ2n) is 3.35. The second kappa shape index (κ2) is 6.28. The minimum absolute atomic E-state index is 0.0973. The quantitative estimate of drug-likeness (QED) is 0.630. The lowest BCUT2D eigenvalue weighted by molar-refractivity contribution is -0.128. The summed E-state index contributed by atoms with van der Waals surface area (Å²) in [6, 6.07) is 8.62. The fourth-order valence-electron chi connectivity index (χ4n) is 1.18. The fraction of sp³-hybridized carbons (Fsp3) is 0.250. The minimum atomic E-state index is -0.244. The summed E-state index contributed by atoms with van der Waals surface area (Å²) >= 11 is 0. The van der Waals surface area contributed by atoms with E-state index in [1.807, 2.05) is 6.07 Å². The van der Waals surface area contributed by atoms with Crippen molar-refractivity contribution < 1.29 is 9.90 Å². The van der Waals surface area contributed by atoms with E-state index in [-0.39, 0.29) is 24.6 Å². The predicted octanol–water partition coefficient (Wildman–Crippen LogP) is 1.49. The maximum atomic E-state index is 11.2. The summed E-state index contributed by atoms with van der Waals surface area (Å²) in [5.74, 6) is -0.146. The molecule has 5 nitrogen and oxygen atoms in total. The lowest BCUT2D eigenvalue weighted by Gasteiger charge is -2.12. The molecule has 1 amide bonds. The van der Waals surface area contributed by atoms with E-state index < -0.39 is 0 Å². The van der Waals surface area contributed by atoms with Gasteiger partial charge in [-0.15, -0.1) is 0 Å². The van der Waals surface area contributed by atoms with Gasteiger partial charge in [0.1, 0.15) is 5.75 Å². The Kier molecular flexibility index (Phi) is 4.70. The van der Waals surface area contributed by atoms with Crippen molar-refractivity contribution in [3.05, 3.63) is 29.8 Å². The van der Waals surface area contributed by atoms with Crippen LogP contribution in [0.1, 0.15) is 18.9 Å². The molecular weight excluding hydrogens is 218 g/mol. The number of para-hydroxylation sites is 1. The van der Waals surface area contributed by atoms with Gasteiger partial charge in [0.05, 0.1) is 25.2 Å². The highest BCUT2D eigenvalue weighted by Gasteiger charge is 2.05. The van der Waals surface area contributed by atoms with Crippen LogP contribution in [0.15, 0.2) is 29.4 Å². The lowest BCUT2D eigenvalue weighted by atomic mass is 10.2. The number of aromatic hydroxyl groups is 1. The van der Waals surface area contributed by atoms with Crippen LogP contribution in [0.4, 0.5) is 0 Å². The average molecular weight is 231 g/mol. The van der Waals surface area contributed by atoms with Gasteiger partial charge in [-0.05, 0) is 12.1 Å². The molecule has 0 aliphatic heterocycles. The third kappa shape index (κ3) is 3.95. The molecule has 88 valence electrons. The van der Waals surface area contributed by atoms with Crippen LogP contribution >= 0.6 is 0 Å². The van der Waals surface area contributed by atoms with E-state index in [0.717, 1.165) is 0 Å². The van der Waals surface area contributed by atoms with Crippen LogP contribution in [0.2, 0.25) is 0 Å². The van der Waals surface area contributed by atoms with Crippen LogP contribution in [-0.2, 0) is 4.79 Å². The zero-order valence-corrected chi connectivity index (χ0v) is 9.50. The first-order valence-corrected chi connectivity index (χ1v) is 5.12. The average Bonchev–Trinajstić information content (AvgIpc) is 2.31. The number of hydrogen-bond acceptors (Lipinski definition) is 4. The summed E-state index contributed by atoms with van der Waals surface area (Å²) in [7, 11) is 0. The van der Waals surface area contributed by atoms with E-state index in [1.54, 1.807) is 18.2 Å². The van der Waals surface area contributed by atoms with Gasteiger partial charge in [0.25, 0.3) is 0 Å². The molecule has 1 N–H and O–H groups in total. The maximum absolute atomic E-state index is 11.2. The normalized spacial score (nSPS) is 10.1. The number of benzene rings is 1. The third-order valence-corrected chi connectivity index (χ3v) is 2.07. The first-order valence-electron chi connectivity index (χ1n) is 5.12. The Morgan fingerprint density at radius 3 is 2.88 bits per heavy atom. The number of carbonyl (C=O) groups excluding carboxylic acids is 1. The largest absolute Gasteiger partial charge is 0.507 e. The number of nitrogens with zero attached hydrogens (tertiary/aromatic N) is 3. The predicted molar refractivity (Wildman–Crippen MR) is 63.3 cm³/mol. The highest BCUT2D eigenvalue weighted by atomic mass is 16.3. The first kappa shape index (κ1) is 12.7. The van der Waals surface area contributed by atoms with Gasteiger partial charge in [0.2, 0.25) is 5.91 Å². The SMILES string of the molecule is CC(=O)N(CCC#N)N=Cc1ccccc1O. The van der Waals surface area contributed by atoms with Gasteiger partial charge < -0.3 is 5.11 Å². The molecule has 0 aliphatic rings. The summed E-state index contributed by atoms with van der Waals surface area (Å²) in [6.07, 6.45) is 1.62. The van der Waals surface area contributed by atoms with Crippen LogP contribution < -0.4 is 0 Å². The van der Waals surface area contributed by atoms with Crippen LogP contribution in [0.5, 0.6) is 5.75 Å². The van der Waals surface area contributed by atoms with Gasteiger partial charge in [-0.3, -0.25) is 4.79 Å². The van der Waals surface area contributed by atoms with Crippen LogP contribution in [0.25, 0.3) is 0 Å². The van der Waals surface area contributed by atoms with Gasteiger partial charge in [0.15, 0.2) is 0 Å². The lowest BCUT2D eigenvalue weighted by Crippen LogP contribution is -2.24. The molecule has 17 heavy (non-hydrogen) atoms. The zero-order valence-electron chi connectivity index (χ0n) is 9.50. The van der Waals surface area contributed by atoms with Crippen molar-refractivity contribution in [1.82, 2.24) is 5.01 Å². The summed E-state index contributed by atoms with van der Waals surface area (Å²) in [5.41, 5.74) is 0.524. The Hall–Kier alpha value is -2.35. The van der Waals surface area contributed by atoms with Crippen molar-refractivity contribution in [2.45, 2.75) is 13.3 Å². The van der Waals surface area contributed by atoms with E-state index in [2.05, 4.69) is 5.10 Å². The van der Waals surface area contributed by atoms with Gasteiger partial charge in [-0.1, -0.05) is 12.1 Å². The van der Waals surface area contributed by atoms with E-state index >= 15 is 0 Å². The Labute approximate surface area is 99.6 Å². The molecule has 0 saturated heterocycles. The molecule has 5 heteroatoms. The molecule has 0 heterocycles. The number of phenols is 1. The molecule has 0 saturated carbocycles. The Morgan fingerprint density at radius 1 is 1.59 bits per heavy atom. The molecule has 0 fully saturated rings. The molecule has 0 spiro atoms. The number of amides is 1. The maximum Gasteiger partial charge on any atom is 0.239 e. The summed E-state index contributed by atoms with van der Waals surface area (Å²) in [6.45, 7) is 1.62. The number of nitriles is 1. The molecule has 0 atom stereocenters. The highest BCUT2D eigenvalue weighted by Crippen LogP contribution is 2.13. The summed E-state index contributed by atoms with van der Waals surface area (Å²) in [5, 5.41) is 23.1. The van der Waals surface area contributed by atoms with Gasteiger partial charge in [-0.2, -0.15) is 10.4 Å². The summed E-state index contributed by atoms with van der Waals surface area (Å²) in [4.78, 5) is 11.2. The minimum Gasteiger partial charge on any atom is -0.507 e. The molecule has 1 aromatic carbocycles. The fourth-order valence-corrected chi connectivity index (χ4v) is 1.18. The molecule has 0 aromatic heterocycles. The van der Waals surface area contributed by atoms with Crippen molar-refractivity contribution in [3.8, 4) is 11.8 Å². The highest BCUT2D eigenvalue weighted by molar-refractivity contribution is 5.84. The molecule has 1 rings (SSSR count). The number of hydrogen-bond donors (Lipinski definition) is 1. The Morgan fingerprint density at radius 2 is 2.29 bits per heavy atom. The molecular formula is C12H13N3O2. The van der Waals surface area contributed by atoms with Crippen LogP contribution in [0, 0.1) is 11.3 Å². The van der Waals surface area contributed by atoms with Crippen molar-refractivity contribution in [1.29, 1.82) is 5.26 Å². The van der Waals surface area contributed by atoms with Crippen molar-refractivity contribution in [2.75, 3.05) is 6.54 Å². The standard InChI is InChI=1S/C12H13N3O2/c1-10(16)15(8-4-7-13)14-9-11-5-2-3-6-12(11)17/h2-3,5-6,9,17H,4,8H2,1H3. The van der Waals surface area contributed by atoms with Crippen molar-refractivity contribution in [3.63, 3.8) is 0 Å². The smallest absolute Gasteiger partial charge is 0.239 e. The van der Waals surface area contributed by atoms with E-state index in [1.165, 1.54) is 24.2 Å². The molecule has 1 aromatic rings. The molecule has 0 radical (unpaired) electrons. The second-order valence-corrected chi connectivity index (χ2v) is 3.35. The van der Waals surface area contributed by atoms with Crippen LogP contribution in [0.3, 0.4) is 0 Å². The third-order valence-electron chi connectivity index (χ3n) is 2.07. The number of carbonyl (C=O) groups is 1. The van der Waals surface area contributed by atoms with E-state index in [9.17, 15) is 9.90 Å². The van der Waals surface area contributed by atoms with Gasteiger partial charge in [-0.25, -0.2) is 5.01 Å². The molecule has 0 unspecified atom stereocenters. The molecule has 0 bridgehead atoms. The van der Waals surface area contributed by atoms with Crippen molar-refractivity contribution in [2.24, 2.45) is 5.10 Å². The topological polar surface area (TPSA) is 76.7 Å². The van der Waals surface area contributed by atoms with E-state index in [4.69, 9.17) is 5.26 Å². The summed E-state index contributed by atoms with van der Waals surface area (Å²) < 4.78 is 0. The van der Waals surface area contributed by atoms with Gasteiger partial charge >= 0.3 is 0 Å². The number of phenolic OH excluding ortho intramolecular Hbond substituents is 1. The first-order chi connectivity index (χ1) is 8.15. The van der Waals surface area contributed by atoms with Gasteiger partial charge in [0, 0.05) is 12.5 Å². The van der Waals surface area contributed by atoms with Crippen molar-refractivity contribution >= 4 is 12.1 Å². The van der Waals surface area contributed by atoms with E-state index in [0.29, 0.717) is 5.56 Å². The Bertz CT molecular complexity index is 463. The molecule has 0 aliphatic carbocycles. The zero-order chi connectivity index (χ0) is 12.7. The monoisotopic (exact) mass is 231 g/mol. The number of rotatable bonds is 4. The number of hydrazone groups is 1. The van der Waals surface area contributed by atoms with Crippen LogP contribution in [-0.4, -0.2) is 28.8 Å². The Balaban J connectivity index is 2.77.